The van der Waals surface area contributed by atoms with Crippen LogP contribution in [0.25, 0.3) is 0 Å². The van der Waals surface area contributed by atoms with Crippen molar-refractivity contribution in [3.05, 3.63) is 12.2 Å². The summed E-state index contributed by atoms with van der Waals surface area (Å²) < 4.78 is 2.28. The predicted molar refractivity (Wildman–Crippen MR) is 157 cm³/mol. The number of hydrogen-bond acceptors (Lipinski definition) is 0. The zero-order valence-electron chi connectivity index (χ0n) is 25.8. The summed E-state index contributed by atoms with van der Waals surface area (Å²) in [5.74, 6) is 0. The fourth-order valence-corrected chi connectivity index (χ4v) is 4.96. The van der Waals surface area contributed by atoms with E-state index >= 15 is 0 Å². The molecular formula is C32H68Cl2N2. The van der Waals surface area contributed by atoms with Gasteiger partial charge in [-0.15, -0.1) is 0 Å². The molecule has 0 saturated carbocycles. The molecule has 0 N–H and O–H groups in total. The monoisotopic (exact) mass is 550 g/mol. The Bertz CT molecular complexity index is 409. The van der Waals surface area contributed by atoms with Crippen molar-refractivity contribution >= 4 is 0 Å². The Balaban J connectivity index is -0.00000544. The molecule has 2 nitrogen and oxygen atoms in total. The molecule has 0 aliphatic heterocycles. The number of likely N-dealkylation sites (N-methyl/N-ethyl adjacent to an activating group) is 2. The molecule has 0 unspecified atom stereocenters. The smallest absolute Gasteiger partial charge is 0.0971 e. The zero-order valence-corrected chi connectivity index (χ0v) is 27.3. The topological polar surface area (TPSA) is 0 Å². The molecular weight excluding hydrogens is 483 g/mol. The molecule has 0 aromatic rings. The molecule has 0 fully saturated rings. The van der Waals surface area contributed by atoms with E-state index in [-0.39, 0.29) is 24.8 Å². The average Bonchev–Trinajstić information content (AvgIpc) is 2.79. The first kappa shape index (κ1) is 40.7. The highest BCUT2D eigenvalue weighted by molar-refractivity contribution is 4.81. The molecule has 0 atom stereocenters. The first-order chi connectivity index (χ1) is 16.3. The van der Waals surface area contributed by atoms with Gasteiger partial charge in [0.05, 0.1) is 54.4 Å². The third-order valence-corrected chi connectivity index (χ3v) is 7.60. The van der Waals surface area contributed by atoms with E-state index in [0.29, 0.717) is 0 Å². The minimum Gasteiger partial charge on any atom is -1.00 e. The quantitative estimate of drug-likeness (QED) is 0.0877. The molecule has 0 aromatic carbocycles. The molecule has 0 heterocycles. The third-order valence-electron chi connectivity index (χ3n) is 7.60. The van der Waals surface area contributed by atoms with Crippen LogP contribution in [0.2, 0.25) is 0 Å². The normalized spacial score (nSPS) is 12.1. The zero-order chi connectivity index (χ0) is 25.4. The second kappa shape index (κ2) is 28.3. The summed E-state index contributed by atoms with van der Waals surface area (Å²) in [6.45, 7) is 9.59. The molecule has 36 heavy (non-hydrogen) atoms. The van der Waals surface area contributed by atoms with Gasteiger partial charge in [0.25, 0.3) is 0 Å². The third kappa shape index (κ3) is 30.5. The van der Waals surface area contributed by atoms with E-state index in [2.05, 4.69) is 54.2 Å². The van der Waals surface area contributed by atoms with Gasteiger partial charge in [0.15, 0.2) is 0 Å². The standard InChI is InChI=1S/C32H68N2.2ClH/c1-7-9-11-13-15-17-19-21-23-25-29-33(3,4)31-27-28-32-34(5,6)30-26-24-22-20-18-16-14-12-10-8-2;;/h27-28H,7-26,29-32H2,1-6H3;2*1H/q+2;;/p-2/b28-27+;;. The van der Waals surface area contributed by atoms with Crippen molar-refractivity contribution in [3.8, 4) is 0 Å². The number of rotatable bonds is 26. The Hall–Kier alpha value is 0.240. The Labute approximate surface area is 242 Å². The fourth-order valence-electron chi connectivity index (χ4n) is 4.96. The summed E-state index contributed by atoms with van der Waals surface area (Å²) in [5.41, 5.74) is 0. The molecule has 0 aliphatic carbocycles. The van der Waals surface area contributed by atoms with E-state index in [1.54, 1.807) is 0 Å². The van der Waals surface area contributed by atoms with Crippen LogP contribution in [0, 0.1) is 0 Å². The molecule has 0 bridgehead atoms. The fraction of sp³-hybridized carbons (Fsp3) is 0.938. The summed E-state index contributed by atoms with van der Waals surface area (Å²) >= 11 is 0. The van der Waals surface area contributed by atoms with Crippen LogP contribution in [-0.2, 0) is 0 Å². The van der Waals surface area contributed by atoms with Crippen LogP contribution in [0.4, 0.5) is 0 Å². The van der Waals surface area contributed by atoms with Gasteiger partial charge in [0, 0.05) is 0 Å². The van der Waals surface area contributed by atoms with Crippen molar-refractivity contribution in [1.29, 1.82) is 0 Å². The van der Waals surface area contributed by atoms with Crippen molar-refractivity contribution in [1.82, 2.24) is 0 Å². The van der Waals surface area contributed by atoms with E-state index in [4.69, 9.17) is 0 Å². The summed E-state index contributed by atoms with van der Waals surface area (Å²) in [7, 11) is 9.62. The van der Waals surface area contributed by atoms with Crippen LogP contribution in [0.1, 0.15) is 142 Å². The summed E-state index contributed by atoms with van der Waals surface area (Å²) in [5, 5.41) is 0. The number of unbranched alkanes of at least 4 members (excludes halogenated alkanes) is 18. The average molecular weight is 552 g/mol. The van der Waals surface area contributed by atoms with Gasteiger partial charge in [-0.05, 0) is 37.8 Å². The van der Waals surface area contributed by atoms with Crippen molar-refractivity contribution < 1.29 is 33.8 Å². The molecule has 0 aromatic heterocycles. The lowest BCUT2D eigenvalue weighted by molar-refractivity contribution is -0.887. The Kier molecular flexibility index (Phi) is 32.0. The van der Waals surface area contributed by atoms with Crippen LogP contribution in [0.5, 0.6) is 0 Å². The Morgan fingerprint density at radius 2 is 0.583 bits per heavy atom. The minimum atomic E-state index is 0. The predicted octanol–water partition coefficient (Wildman–Crippen LogP) is 3.55. The van der Waals surface area contributed by atoms with Crippen molar-refractivity contribution in [2.24, 2.45) is 0 Å². The van der Waals surface area contributed by atoms with Gasteiger partial charge in [0.1, 0.15) is 0 Å². The van der Waals surface area contributed by atoms with Crippen LogP contribution >= 0.6 is 0 Å². The lowest BCUT2D eigenvalue weighted by Crippen LogP contribution is -3.00. The highest BCUT2D eigenvalue weighted by Gasteiger charge is 2.14. The number of nitrogens with zero attached hydrogens (tertiary/aromatic N) is 2. The van der Waals surface area contributed by atoms with Crippen LogP contribution in [0.15, 0.2) is 12.2 Å². The lowest BCUT2D eigenvalue weighted by atomic mass is 10.1. The van der Waals surface area contributed by atoms with E-state index in [1.165, 1.54) is 155 Å². The van der Waals surface area contributed by atoms with Gasteiger partial charge in [0.2, 0.25) is 0 Å². The maximum atomic E-state index is 2.45. The molecule has 0 saturated heterocycles. The lowest BCUT2D eigenvalue weighted by Gasteiger charge is -2.30. The van der Waals surface area contributed by atoms with Gasteiger partial charge < -0.3 is 33.8 Å². The molecule has 4 heteroatoms. The molecule has 0 spiro atoms. The van der Waals surface area contributed by atoms with Crippen LogP contribution in [-0.4, -0.2) is 63.3 Å². The number of halogens is 2. The SMILES string of the molecule is CCCCCCCCCCCC[N+](C)(C)C/C=C/C[N+](C)(C)CCCCCCCCCCCC.[Cl-].[Cl-]. The Morgan fingerprint density at radius 1 is 0.361 bits per heavy atom. The van der Waals surface area contributed by atoms with E-state index < -0.39 is 0 Å². The van der Waals surface area contributed by atoms with Gasteiger partial charge in [-0.2, -0.15) is 0 Å². The van der Waals surface area contributed by atoms with Gasteiger partial charge >= 0.3 is 0 Å². The van der Waals surface area contributed by atoms with Gasteiger partial charge in [-0.3, -0.25) is 0 Å². The molecule has 220 valence electrons. The number of hydrogen-bond donors (Lipinski definition) is 0. The Morgan fingerprint density at radius 3 is 0.833 bits per heavy atom. The van der Waals surface area contributed by atoms with Crippen molar-refractivity contribution in [3.63, 3.8) is 0 Å². The van der Waals surface area contributed by atoms with Crippen LogP contribution < -0.4 is 24.8 Å². The van der Waals surface area contributed by atoms with Crippen molar-refractivity contribution in [2.75, 3.05) is 54.4 Å². The summed E-state index contributed by atoms with van der Waals surface area (Å²) in [6.07, 6.45) is 33.5. The molecule has 0 radical (unpaired) electrons. The maximum Gasteiger partial charge on any atom is 0.0971 e. The highest BCUT2D eigenvalue weighted by atomic mass is 35.5. The molecule has 0 amide bonds. The second-order valence-electron chi connectivity index (χ2n) is 12.5. The molecule has 0 aliphatic rings. The van der Waals surface area contributed by atoms with E-state index in [1.807, 2.05) is 0 Å². The largest absolute Gasteiger partial charge is 1.00 e. The van der Waals surface area contributed by atoms with E-state index in [9.17, 15) is 0 Å². The number of quaternary nitrogens is 2. The maximum absolute atomic E-state index is 2.45. The second-order valence-corrected chi connectivity index (χ2v) is 12.5. The first-order valence-electron chi connectivity index (χ1n) is 15.6. The van der Waals surface area contributed by atoms with Gasteiger partial charge in [-0.25, -0.2) is 0 Å². The summed E-state index contributed by atoms with van der Waals surface area (Å²) in [6, 6.07) is 0. The van der Waals surface area contributed by atoms with Crippen molar-refractivity contribution in [2.45, 2.75) is 142 Å². The van der Waals surface area contributed by atoms with E-state index in [0.717, 1.165) is 8.97 Å². The minimum absolute atomic E-state index is 0. The van der Waals surface area contributed by atoms with Gasteiger partial charge in [-0.1, -0.05) is 117 Å². The first-order valence-corrected chi connectivity index (χ1v) is 15.6. The molecule has 0 rings (SSSR count). The summed E-state index contributed by atoms with van der Waals surface area (Å²) in [4.78, 5) is 0. The van der Waals surface area contributed by atoms with Crippen LogP contribution in [0.3, 0.4) is 0 Å². The highest BCUT2D eigenvalue weighted by Crippen LogP contribution is 2.13.